The molecule has 1 aromatic rings. The third-order valence-corrected chi connectivity index (χ3v) is 2.65. The second-order valence-electron chi connectivity index (χ2n) is 4.16. The van der Waals surface area contributed by atoms with Crippen LogP contribution in [0.15, 0.2) is 24.3 Å². The average molecular weight is 292 g/mol. The van der Waals surface area contributed by atoms with Crippen LogP contribution in [-0.4, -0.2) is 42.8 Å². The molecule has 2 N–H and O–H groups in total. The van der Waals surface area contributed by atoms with Crippen molar-refractivity contribution < 1.29 is 24.2 Å². The SMILES string of the molecule is COC(=O)C(CO)NC(=O)C(C)Oc1ccc(C#N)cc1. The third kappa shape index (κ3) is 4.78. The first-order valence-corrected chi connectivity index (χ1v) is 6.17. The number of aliphatic hydroxyl groups excluding tert-OH is 1. The number of carbonyl (C=O) groups excluding carboxylic acids is 2. The molecule has 0 saturated heterocycles. The molecule has 2 atom stereocenters. The summed E-state index contributed by atoms with van der Waals surface area (Å²) in [5.41, 5.74) is 0.477. The van der Waals surface area contributed by atoms with Crippen LogP contribution in [0.4, 0.5) is 0 Å². The summed E-state index contributed by atoms with van der Waals surface area (Å²) in [5, 5.41) is 20.0. The lowest BCUT2D eigenvalue weighted by atomic mass is 10.2. The van der Waals surface area contributed by atoms with Crippen LogP contribution >= 0.6 is 0 Å². The normalized spacial score (nSPS) is 12.7. The number of amides is 1. The molecule has 1 aromatic carbocycles. The minimum Gasteiger partial charge on any atom is -0.481 e. The van der Waals surface area contributed by atoms with Gasteiger partial charge in [-0.05, 0) is 31.2 Å². The molecule has 7 heteroatoms. The van der Waals surface area contributed by atoms with Crippen LogP contribution < -0.4 is 10.1 Å². The van der Waals surface area contributed by atoms with Gasteiger partial charge in [0.15, 0.2) is 12.1 Å². The second kappa shape index (κ2) is 7.87. The maximum absolute atomic E-state index is 11.9. The van der Waals surface area contributed by atoms with Crippen molar-refractivity contribution in [3.8, 4) is 11.8 Å². The summed E-state index contributed by atoms with van der Waals surface area (Å²) >= 11 is 0. The van der Waals surface area contributed by atoms with E-state index in [2.05, 4.69) is 10.1 Å². The van der Waals surface area contributed by atoms with Crippen molar-refractivity contribution in [1.82, 2.24) is 5.32 Å². The number of carbonyl (C=O) groups is 2. The first-order chi connectivity index (χ1) is 10.0. The highest BCUT2D eigenvalue weighted by atomic mass is 16.5. The highest BCUT2D eigenvalue weighted by molar-refractivity contribution is 5.87. The fourth-order valence-corrected chi connectivity index (χ4v) is 1.48. The van der Waals surface area contributed by atoms with Crippen LogP contribution in [-0.2, 0) is 14.3 Å². The van der Waals surface area contributed by atoms with Gasteiger partial charge in [-0.2, -0.15) is 5.26 Å². The Morgan fingerprint density at radius 1 is 1.38 bits per heavy atom. The first kappa shape index (κ1) is 16.5. The number of methoxy groups -OCH3 is 1. The second-order valence-corrected chi connectivity index (χ2v) is 4.16. The molecule has 0 aliphatic rings. The Bertz CT molecular complexity index is 535. The van der Waals surface area contributed by atoms with Crippen LogP contribution in [0.3, 0.4) is 0 Å². The van der Waals surface area contributed by atoms with Gasteiger partial charge in [-0.1, -0.05) is 0 Å². The highest BCUT2D eigenvalue weighted by Crippen LogP contribution is 2.13. The fourth-order valence-electron chi connectivity index (χ4n) is 1.48. The number of aliphatic hydroxyl groups is 1. The van der Waals surface area contributed by atoms with E-state index in [0.717, 1.165) is 7.11 Å². The van der Waals surface area contributed by atoms with E-state index in [9.17, 15) is 9.59 Å². The van der Waals surface area contributed by atoms with Gasteiger partial charge >= 0.3 is 5.97 Å². The lowest BCUT2D eigenvalue weighted by Crippen LogP contribution is -2.48. The predicted octanol–water partition coefficient (Wildman–Crippen LogP) is -0.0243. The van der Waals surface area contributed by atoms with Gasteiger partial charge in [0.05, 0.1) is 25.3 Å². The zero-order chi connectivity index (χ0) is 15.8. The summed E-state index contributed by atoms with van der Waals surface area (Å²) in [6.45, 7) is 0.932. The van der Waals surface area contributed by atoms with E-state index in [4.69, 9.17) is 15.1 Å². The standard InChI is InChI=1S/C14H16N2O5/c1-9(13(18)16-12(8-17)14(19)20-2)21-11-5-3-10(7-15)4-6-11/h3-6,9,12,17H,8H2,1-2H3,(H,16,18). The Labute approximate surface area is 122 Å². The first-order valence-electron chi connectivity index (χ1n) is 6.17. The monoisotopic (exact) mass is 292 g/mol. The fraction of sp³-hybridized carbons (Fsp3) is 0.357. The van der Waals surface area contributed by atoms with Crippen molar-refractivity contribution in [3.05, 3.63) is 29.8 Å². The van der Waals surface area contributed by atoms with Crippen molar-refractivity contribution in [2.45, 2.75) is 19.1 Å². The van der Waals surface area contributed by atoms with E-state index in [1.54, 1.807) is 24.3 Å². The van der Waals surface area contributed by atoms with Crippen LogP contribution in [0.25, 0.3) is 0 Å². The Morgan fingerprint density at radius 2 is 2.00 bits per heavy atom. The van der Waals surface area contributed by atoms with Gasteiger partial charge in [-0.15, -0.1) is 0 Å². The molecular formula is C14H16N2O5. The molecule has 2 unspecified atom stereocenters. The van der Waals surface area contributed by atoms with E-state index >= 15 is 0 Å². The molecule has 112 valence electrons. The summed E-state index contributed by atoms with van der Waals surface area (Å²) in [7, 11) is 1.16. The molecular weight excluding hydrogens is 276 g/mol. The number of rotatable bonds is 6. The van der Waals surface area contributed by atoms with E-state index in [1.165, 1.54) is 6.92 Å². The number of hydrogen-bond acceptors (Lipinski definition) is 6. The number of esters is 1. The van der Waals surface area contributed by atoms with Gasteiger partial charge in [0.25, 0.3) is 5.91 Å². The Hall–Kier alpha value is -2.59. The molecule has 0 bridgehead atoms. The highest BCUT2D eigenvalue weighted by Gasteiger charge is 2.24. The molecule has 0 aliphatic carbocycles. The van der Waals surface area contributed by atoms with E-state index in [0.29, 0.717) is 11.3 Å². The zero-order valence-electron chi connectivity index (χ0n) is 11.7. The summed E-state index contributed by atoms with van der Waals surface area (Å²) in [6.07, 6.45) is -0.878. The molecule has 0 fully saturated rings. The van der Waals surface area contributed by atoms with Gasteiger partial charge in [0.2, 0.25) is 0 Å². The minimum atomic E-state index is -1.13. The molecule has 0 aromatic heterocycles. The molecule has 0 heterocycles. The average Bonchev–Trinajstić information content (AvgIpc) is 2.52. The van der Waals surface area contributed by atoms with Gasteiger partial charge in [0.1, 0.15) is 5.75 Å². The maximum Gasteiger partial charge on any atom is 0.330 e. The van der Waals surface area contributed by atoms with Crippen molar-refractivity contribution >= 4 is 11.9 Å². The predicted molar refractivity (Wildman–Crippen MR) is 72.3 cm³/mol. The van der Waals surface area contributed by atoms with Crippen molar-refractivity contribution in [2.75, 3.05) is 13.7 Å². The smallest absolute Gasteiger partial charge is 0.330 e. The van der Waals surface area contributed by atoms with Crippen molar-refractivity contribution in [2.24, 2.45) is 0 Å². The summed E-state index contributed by atoms with van der Waals surface area (Å²) in [6, 6.07) is 7.08. The van der Waals surface area contributed by atoms with Gasteiger partial charge < -0.3 is 19.9 Å². The van der Waals surface area contributed by atoms with Gasteiger partial charge in [-0.25, -0.2) is 4.79 Å². The quantitative estimate of drug-likeness (QED) is 0.713. The van der Waals surface area contributed by atoms with Crippen LogP contribution in [0.2, 0.25) is 0 Å². The molecule has 0 saturated carbocycles. The Kier molecular flexibility index (Phi) is 6.17. The molecule has 0 radical (unpaired) electrons. The number of nitrogens with zero attached hydrogens (tertiary/aromatic N) is 1. The third-order valence-electron chi connectivity index (χ3n) is 2.65. The number of benzene rings is 1. The topological polar surface area (TPSA) is 109 Å². The van der Waals surface area contributed by atoms with Crippen LogP contribution in [0.5, 0.6) is 5.75 Å². The van der Waals surface area contributed by atoms with Crippen molar-refractivity contribution in [3.63, 3.8) is 0 Å². The number of hydrogen-bond donors (Lipinski definition) is 2. The van der Waals surface area contributed by atoms with Crippen LogP contribution in [0.1, 0.15) is 12.5 Å². The Balaban J connectivity index is 2.61. The van der Waals surface area contributed by atoms with Crippen molar-refractivity contribution in [1.29, 1.82) is 5.26 Å². The molecule has 0 aliphatic heterocycles. The van der Waals surface area contributed by atoms with E-state index in [-0.39, 0.29) is 0 Å². The minimum absolute atomic E-state index is 0.412. The Morgan fingerprint density at radius 3 is 2.48 bits per heavy atom. The number of ether oxygens (including phenoxy) is 2. The lowest BCUT2D eigenvalue weighted by Gasteiger charge is -2.18. The molecule has 1 amide bonds. The lowest BCUT2D eigenvalue weighted by molar-refractivity contribution is -0.147. The zero-order valence-corrected chi connectivity index (χ0v) is 11.7. The molecule has 21 heavy (non-hydrogen) atoms. The molecule has 7 nitrogen and oxygen atoms in total. The largest absolute Gasteiger partial charge is 0.481 e. The number of nitriles is 1. The summed E-state index contributed by atoms with van der Waals surface area (Å²) in [4.78, 5) is 23.1. The van der Waals surface area contributed by atoms with E-state index in [1.807, 2.05) is 6.07 Å². The maximum atomic E-state index is 11.9. The molecule has 1 rings (SSSR count). The van der Waals surface area contributed by atoms with E-state index < -0.39 is 30.6 Å². The van der Waals surface area contributed by atoms with Gasteiger partial charge in [-0.3, -0.25) is 4.79 Å². The number of nitrogens with one attached hydrogen (secondary N) is 1. The summed E-state index contributed by atoms with van der Waals surface area (Å²) in [5.74, 6) is -0.893. The van der Waals surface area contributed by atoms with Crippen LogP contribution in [0, 0.1) is 11.3 Å². The molecule has 0 spiro atoms. The summed E-state index contributed by atoms with van der Waals surface area (Å²) < 4.78 is 9.82. The van der Waals surface area contributed by atoms with Gasteiger partial charge in [0, 0.05) is 0 Å².